The zero-order valence-electron chi connectivity index (χ0n) is 12.1. The van der Waals surface area contributed by atoms with Crippen LogP contribution in [0, 0.1) is 5.92 Å². The highest BCUT2D eigenvalue weighted by atomic mass is 16.5. The molecule has 1 heterocycles. The van der Waals surface area contributed by atoms with Crippen LogP contribution in [0.3, 0.4) is 0 Å². The average molecular weight is 263 g/mol. The van der Waals surface area contributed by atoms with Crippen LogP contribution in [0.5, 0.6) is 5.75 Å². The highest BCUT2D eigenvalue weighted by Gasteiger charge is 2.36. The summed E-state index contributed by atoms with van der Waals surface area (Å²) >= 11 is 0. The lowest BCUT2D eigenvalue weighted by molar-refractivity contribution is -0.00311. The van der Waals surface area contributed by atoms with Gasteiger partial charge in [0.1, 0.15) is 11.4 Å². The van der Waals surface area contributed by atoms with Crippen molar-refractivity contribution in [1.82, 2.24) is 5.32 Å². The van der Waals surface area contributed by atoms with Gasteiger partial charge in [0.15, 0.2) is 0 Å². The predicted molar refractivity (Wildman–Crippen MR) is 77.4 cm³/mol. The first-order valence-corrected chi connectivity index (χ1v) is 7.18. The normalized spacial score (nSPS) is 26.7. The van der Waals surface area contributed by atoms with Gasteiger partial charge in [-0.15, -0.1) is 0 Å². The molecule has 1 aliphatic rings. The van der Waals surface area contributed by atoms with Crippen LogP contribution in [-0.4, -0.2) is 24.8 Å². The molecule has 1 aromatic rings. The minimum Gasteiger partial charge on any atom is -0.497 e. The molecule has 0 aromatic heterocycles. The summed E-state index contributed by atoms with van der Waals surface area (Å²) in [6.45, 7) is 5.13. The minimum absolute atomic E-state index is 0.125. The third-order valence-corrected chi connectivity index (χ3v) is 4.44. The number of piperidine rings is 1. The van der Waals surface area contributed by atoms with Gasteiger partial charge in [0, 0.05) is 6.04 Å². The summed E-state index contributed by atoms with van der Waals surface area (Å²) in [5.74, 6) is 1.54. The SMILES string of the molecule is CCC1CCNC(C(C)(O)c2ccc(OC)cc2)C1. The van der Waals surface area contributed by atoms with E-state index in [2.05, 4.69) is 12.2 Å². The van der Waals surface area contributed by atoms with Crippen LogP contribution in [0.2, 0.25) is 0 Å². The van der Waals surface area contributed by atoms with E-state index in [0.29, 0.717) is 0 Å². The minimum atomic E-state index is -0.833. The number of hydrogen-bond donors (Lipinski definition) is 2. The summed E-state index contributed by atoms with van der Waals surface area (Å²) in [5.41, 5.74) is 0.114. The van der Waals surface area contributed by atoms with Gasteiger partial charge in [-0.05, 0) is 49.9 Å². The van der Waals surface area contributed by atoms with Gasteiger partial charge in [-0.2, -0.15) is 0 Å². The van der Waals surface area contributed by atoms with Gasteiger partial charge in [0.2, 0.25) is 0 Å². The van der Waals surface area contributed by atoms with Crippen molar-refractivity contribution in [3.63, 3.8) is 0 Å². The molecule has 3 heteroatoms. The molecule has 1 aromatic carbocycles. The number of benzene rings is 1. The Morgan fingerprint density at radius 1 is 1.37 bits per heavy atom. The molecule has 2 rings (SSSR count). The van der Waals surface area contributed by atoms with Crippen LogP contribution in [0.1, 0.15) is 38.7 Å². The number of hydrogen-bond acceptors (Lipinski definition) is 3. The number of methoxy groups -OCH3 is 1. The number of aliphatic hydroxyl groups is 1. The molecule has 1 aliphatic heterocycles. The van der Waals surface area contributed by atoms with E-state index in [0.717, 1.165) is 30.2 Å². The van der Waals surface area contributed by atoms with E-state index in [9.17, 15) is 5.11 Å². The Morgan fingerprint density at radius 2 is 2.05 bits per heavy atom. The predicted octanol–water partition coefficient (Wildman–Crippen LogP) is 2.68. The Balaban J connectivity index is 2.15. The highest BCUT2D eigenvalue weighted by molar-refractivity contribution is 5.31. The van der Waals surface area contributed by atoms with E-state index in [1.807, 2.05) is 31.2 Å². The Labute approximate surface area is 116 Å². The number of ether oxygens (including phenoxy) is 1. The lowest BCUT2D eigenvalue weighted by Gasteiger charge is -2.39. The third-order valence-electron chi connectivity index (χ3n) is 4.44. The van der Waals surface area contributed by atoms with Crippen molar-refractivity contribution in [2.45, 2.75) is 44.8 Å². The summed E-state index contributed by atoms with van der Waals surface area (Å²) in [5, 5.41) is 14.4. The van der Waals surface area contributed by atoms with Crippen molar-refractivity contribution >= 4 is 0 Å². The van der Waals surface area contributed by atoms with Crippen LogP contribution >= 0.6 is 0 Å². The van der Waals surface area contributed by atoms with Crippen LogP contribution in [0.15, 0.2) is 24.3 Å². The van der Waals surface area contributed by atoms with E-state index in [-0.39, 0.29) is 6.04 Å². The lowest BCUT2D eigenvalue weighted by Crippen LogP contribution is -2.51. The summed E-state index contributed by atoms with van der Waals surface area (Å²) < 4.78 is 5.16. The number of rotatable bonds is 4. The molecular formula is C16H25NO2. The van der Waals surface area contributed by atoms with E-state index in [1.54, 1.807) is 7.11 Å². The molecule has 1 fully saturated rings. The van der Waals surface area contributed by atoms with E-state index in [1.165, 1.54) is 12.8 Å². The van der Waals surface area contributed by atoms with Crippen LogP contribution in [0.4, 0.5) is 0 Å². The maximum Gasteiger partial charge on any atom is 0.118 e. The molecule has 0 aliphatic carbocycles. The van der Waals surface area contributed by atoms with Crippen molar-refractivity contribution in [2.75, 3.05) is 13.7 Å². The fraction of sp³-hybridized carbons (Fsp3) is 0.625. The summed E-state index contributed by atoms with van der Waals surface area (Å²) in [4.78, 5) is 0. The summed E-state index contributed by atoms with van der Waals surface area (Å²) in [7, 11) is 1.65. The molecule has 0 spiro atoms. The van der Waals surface area contributed by atoms with Crippen molar-refractivity contribution in [3.05, 3.63) is 29.8 Å². The second-order valence-corrected chi connectivity index (χ2v) is 5.68. The molecule has 3 unspecified atom stereocenters. The largest absolute Gasteiger partial charge is 0.497 e. The highest BCUT2D eigenvalue weighted by Crippen LogP contribution is 2.33. The second-order valence-electron chi connectivity index (χ2n) is 5.68. The Kier molecular flexibility index (Phi) is 4.48. The topological polar surface area (TPSA) is 41.5 Å². The lowest BCUT2D eigenvalue weighted by atomic mass is 9.79. The van der Waals surface area contributed by atoms with Crippen LogP contribution in [-0.2, 0) is 5.60 Å². The first kappa shape index (κ1) is 14.4. The van der Waals surface area contributed by atoms with Gasteiger partial charge in [-0.25, -0.2) is 0 Å². The quantitative estimate of drug-likeness (QED) is 0.877. The van der Waals surface area contributed by atoms with Crippen molar-refractivity contribution in [2.24, 2.45) is 5.92 Å². The van der Waals surface area contributed by atoms with Crippen molar-refractivity contribution in [3.8, 4) is 5.75 Å². The summed E-state index contributed by atoms with van der Waals surface area (Å²) in [6.07, 6.45) is 3.44. The van der Waals surface area contributed by atoms with Crippen LogP contribution < -0.4 is 10.1 Å². The molecule has 106 valence electrons. The Morgan fingerprint density at radius 3 is 2.63 bits per heavy atom. The zero-order valence-corrected chi connectivity index (χ0v) is 12.1. The fourth-order valence-corrected chi connectivity index (χ4v) is 2.92. The second kappa shape index (κ2) is 5.93. The molecule has 0 radical (unpaired) electrons. The van der Waals surface area contributed by atoms with Gasteiger partial charge >= 0.3 is 0 Å². The van der Waals surface area contributed by atoms with Gasteiger partial charge in [-0.3, -0.25) is 0 Å². The van der Waals surface area contributed by atoms with Crippen LogP contribution in [0.25, 0.3) is 0 Å². The average Bonchev–Trinajstić information content (AvgIpc) is 2.47. The smallest absolute Gasteiger partial charge is 0.118 e. The van der Waals surface area contributed by atoms with Gasteiger partial charge in [0.25, 0.3) is 0 Å². The molecule has 19 heavy (non-hydrogen) atoms. The molecular weight excluding hydrogens is 238 g/mol. The molecule has 1 saturated heterocycles. The van der Waals surface area contributed by atoms with Crippen molar-refractivity contribution in [1.29, 1.82) is 0 Å². The Bertz CT molecular complexity index is 400. The van der Waals surface area contributed by atoms with Gasteiger partial charge in [-0.1, -0.05) is 25.5 Å². The monoisotopic (exact) mass is 263 g/mol. The molecule has 0 saturated carbocycles. The van der Waals surface area contributed by atoms with E-state index in [4.69, 9.17) is 4.74 Å². The molecule has 2 N–H and O–H groups in total. The maximum absolute atomic E-state index is 10.9. The third kappa shape index (κ3) is 3.10. The maximum atomic E-state index is 10.9. The molecule has 3 atom stereocenters. The molecule has 3 nitrogen and oxygen atoms in total. The number of nitrogens with one attached hydrogen (secondary N) is 1. The first-order chi connectivity index (χ1) is 9.07. The zero-order chi connectivity index (χ0) is 13.9. The van der Waals surface area contributed by atoms with E-state index >= 15 is 0 Å². The van der Waals surface area contributed by atoms with Gasteiger partial charge in [0.05, 0.1) is 7.11 Å². The first-order valence-electron chi connectivity index (χ1n) is 7.18. The Hall–Kier alpha value is -1.06. The van der Waals surface area contributed by atoms with Gasteiger partial charge < -0.3 is 15.2 Å². The molecule has 0 bridgehead atoms. The fourth-order valence-electron chi connectivity index (χ4n) is 2.92. The van der Waals surface area contributed by atoms with Crippen molar-refractivity contribution < 1.29 is 9.84 Å². The van der Waals surface area contributed by atoms with E-state index < -0.39 is 5.60 Å². The standard InChI is InChI=1S/C16H25NO2/c1-4-12-9-10-17-15(11-12)16(2,18)13-5-7-14(19-3)8-6-13/h5-8,12,15,17-18H,4,9-11H2,1-3H3. The summed E-state index contributed by atoms with van der Waals surface area (Å²) in [6, 6.07) is 7.85. The molecule has 0 amide bonds.